The molecule has 1 atom stereocenters. The van der Waals surface area contributed by atoms with Crippen molar-refractivity contribution in [3.63, 3.8) is 0 Å². The van der Waals surface area contributed by atoms with Gasteiger partial charge >= 0.3 is 0 Å². The van der Waals surface area contributed by atoms with Crippen molar-refractivity contribution in [3.05, 3.63) is 82.9 Å². The van der Waals surface area contributed by atoms with Gasteiger partial charge in [-0.1, -0.05) is 37.1 Å². The molecule has 1 aliphatic carbocycles. The highest BCUT2D eigenvalue weighted by atomic mass is 32.2. The van der Waals surface area contributed by atoms with Crippen LogP contribution < -0.4 is 14.2 Å². The largest absolute Gasteiger partial charge is 0.488 e. The Kier molecular flexibility index (Phi) is 8.65. The molecule has 240 valence electrons. The number of nitrogens with one attached hydrogen (secondary N) is 1. The van der Waals surface area contributed by atoms with Gasteiger partial charge in [-0.2, -0.15) is 4.98 Å². The third-order valence-electron chi connectivity index (χ3n) is 8.22. The SMILES string of the molecule is Cc1cccc(C)c1-c1nc2nc(c1C)OC[C@@H](CC1CC1)N(Cc1ncc(OC(C)C)cn1)C(=O)c1cccc(c1)S(=O)(=O)N2. The summed E-state index contributed by atoms with van der Waals surface area (Å²) in [6.07, 6.45) is 6.01. The van der Waals surface area contributed by atoms with E-state index < -0.39 is 10.0 Å². The topological polar surface area (TPSA) is 136 Å². The zero-order valence-electron chi connectivity index (χ0n) is 26.6. The molecule has 1 saturated carbocycles. The number of fused-ring (bicyclic) bond motifs is 4. The fraction of sp³-hybridized carbons (Fsp3) is 0.382. The first-order valence-electron chi connectivity index (χ1n) is 15.5. The van der Waals surface area contributed by atoms with Crippen molar-refractivity contribution in [1.29, 1.82) is 0 Å². The van der Waals surface area contributed by atoms with Crippen molar-refractivity contribution in [2.24, 2.45) is 5.92 Å². The van der Waals surface area contributed by atoms with Gasteiger partial charge in [0.25, 0.3) is 15.9 Å². The molecule has 0 unspecified atom stereocenters. The zero-order chi connectivity index (χ0) is 32.6. The molecular weight excluding hydrogens is 604 g/mol. The number of rotatable bonds is 7. The summed E-state index contributed by atoms with van der Waals surface area (Å²) in [5.74, 6) is 1.20. The molecule has 0 radical (unpaired) electrons. The van der Waals surface area contributed by atoms with Gasteiger partial charge in [0.2, 0.25) is 11.8 Å². The van der Waals surface area contributed by atoms with E-state index in [1.54, 1.807) is 29.4 Å². The lowest BCUT2D eigenvalue weighted by Gasteiger charge is -2.32. The van der Waals surface area contributed by atoms with Crippen LogP contribution in [0.5, 0.6) is 11.6 Å². The Morgan fingerprint density at radius 2 is 1.72 bits per heavy atom. The molecule has 1 N–H and O–H groups in total. The normalized spacial score (nSPS) is 17.7. The van der Waals surface area contributed by atoms with Gasteiger partial charge in [-0.25, -0.2) is 28.1 Å². The monoisotopic (exact) mass is 642 g/mol. The van der Waals surface area contributed by atoms with Crippen molar-refractivity contribution in [2.75, 3.05) is 11.3 Å². The van der Waals surface area contributed by atoms with E-state index in [2.05, 4.69) is 24.7 Å². The van der Waals surface area contributed by atoms with E-state index >= 15 is 0 Å². The van der Waals surface area contributed by atoms with Gasteiger partial charge in [0, 0.05) is 16.7 Å². The molecule has 46 heavy (non-hydrogen) atoms. The second kappa shape index (κ2) is 12.7. The third-order valence-corrected chi connectivity index (χ3v) is 9.54. The predicted octanol–water partition coefficient (Wildman–Crippen LogP) is 5.65. The molecule has 2 aromatic heterocycles. The Morgan fingerprint density at radius 1 is 1.02 bits per heavy atom. The molecular formula is C34H38N6O5S. The average Bonchev–Trinajstić information content (AvgIpc) is 3.84. The lowest BCUT2D eigenvalue weighted by atomic mass is 9.97. The summed E-state index contributed by atoms with van der Waals surface area (Å²) >= 11 is 0. The van der Waals surface area contributed by atoms with Gasteiger partial charge in [0.05, 0.1) is 41.7 Å². The first-order chi connectivity index (χ1) is 22.0. The number of aryl methyl sites for hydroxylation is 2. The summed E-state index contributed by atoms with van der Waals surface area (Å²) in [6.45, 7) is 9.91. The van der Waals surface area contributed by atoms with Crippen LogP contribution in [0.2, 0.25) is 0 Å². The molecule has 2 aromatic carbocycles. The lowest BCUT2D eigenvalue weighted by molar-refractivity contribution is 0.0556. The van der Waals surface area contributed by atoms with Crippen LogP contribution in [0.3, 0.4) is 0 Å². The number of anilines is 1. The van der Waals surface area contributed by atoms with Gasteiger partial charge in [0.1, 0.15) is 12.4 Å². The molecule has 11 nitrogen and oxygen atoms in total. The summed E-state index contributed by atoms with van der Waals surface area (Å²) in [5, 5.41) is 0. The molecule has 1 fully saturated rings. The van der Waals surface area contributed by atoms with E-state index in [0.717, 1.165) is 29.5 Å². The number of hydrogen-bond donors (Lipinski definition) is 1. The van der Waals surface area contributed by atoms with Gasteiger partial charge in [-0.15, -0.1) is 0 Å². The van der Waals surface area contributed by atoms with Crippen LogP contribution in [0.1, 0.15) is 66.0 Å². The van der Waals surface area contributed by atoms with Gasteiger partial charge in [-0.3, -0.25) is 4.79 Å². The van der Waals surface area contributed by atoms with Gasteiger partial charge in [0.15, 0.2) is 5.75 Å². The number of benzene rings is 2. The minimum absolute atomic E-state index is 0.0331. The Hall–Kier alpha value is -4.58. The fourth-order valence-electron chi connectivity index (χ4n) is 5.73. The summed E-state index contributed by atoms with van der Waals surface area (Å²) in [7, 11) is -4.17. The Balaban J connectivity index is 1.47. The van der Waals surface area contributed by atoms with Crippen molar-refractivity contribution < 1.29 is 22.7 Å². The molecule has 0 spiro atoms. The molecule has 3 heterocycles. The second-order valence-corrected chi connectivity index (χ2v) is 14.0. The Labute approximate surface area is 269 Å². The van der Waals surface area contributed by atoms with Crippen LogP contribution in [0.15, 0.2) is 59.8 Å². The number of carbonyl (C=O) groups is 1. The molecule has 6 rings (SSSR count). The van der Waals surface area contributed by atoms with Crippen molar-refractivity contribution in [2.45, 2.75) is 77.5 Å². The van der Waals surface area contributed by atoms with Gasteiger partial charge in [-0.05, 0) is 76.3 Å². The highest BCUT2D eigenvalue weighted by Gasteiger charge is 2.34. The molecule has 4 bridgehead atoms. The van der Waals surface area contributed by atoms with E-state index in [4.69, 9.17) is 9.47 Å². The number of ether oxygens (including phenoxy) is 2. The molecule has 12 heteroatoms. The Bertz CT molecular complexity index is 1860. The fourth-order valence-corrected chi connectivity index (χ4v) is 6.72. The third kappa shape index (κ3) is 6.81. The smallest absolute Gasteiger partial charge is 0.264 e. The first-order valence-corrected chi connectivity index (χ1v) is 17.0. The summed E-state index contributed by atoms with van der Waals surface area (Å²) < 4.78 is 42.0. The van der Waals surface area contributed by atoms with Crippen LogP contribution in [-0.4, -0.2) is 57.9 Å². The highest BCUT2D eigenvalue weighted by molar-refractivity contribution is 7.92. The predicted molar refractivity (Wildman–Crippen MR) is 173 cm³/mol. The van der Waals surface area contributed by atoms with E-state index in [-0.39, 0.29) is 53.5 Å². The van der Waals surface area contributed by atoms with E-state index in [1.165, 1.54) is 12.1 Å². The zero-order valence-corrected chi connectivity index (χ0v) is 27.5. The molecule has 0 saturated heterocycles. The molecule has 1 amide bonds. The number of sulfonamides is 1. The summed E-state index contributed by atoms with van der Waals surface area (Å²) in [6, 6.07) is 11.6. The van der Waals surface area contributed by atoms with Gasteiger partial charge < -0.3 is 14.4 Å². The second-order valence-electron chi connectivity index (χ2n) is 12.3. The van der Waals surface area contributed by atoms with Crippen LogP contribution in [0.4, 0.5) is 5.95 Å². The Morgan fingerprint density at radius 3 is 2.39 bits per heavy atom. The number of nitrogens with zero attached hydrogens (tertiary/aromatic N) is 5. The van der Waals surface area contributed by atoms with Crippen LogP contribution >= 0.6 is 0 Å². The van der Waals surface area contributed by atoms with Crippen LogP contribution in [0, 0.1) is 26.7 Å². The van der Waals surface area contributed by atoms with E-state index in [9.17, 15) is 13.2 Å². The summed E-state index contributed by atoms with van der Waals surface area (Å²) in [5.41, 5.74) is 4.32. The molecule has 1 aliphatic heterocycles. The standard InChI is InChI=1S/C34H38N6O5S/c1-20(2)45-27-16-35-29(36-17-27)18-40-26(14-24-12-13-24)19-44-32-23(5)31(30-21(3)8-6-9-22(30)4)37-34(38-32)39-46(42,43)28-11-7-10-25(15-28)33(40)41/h6-11,15-17,20,24,26H,12-14,18-19H2,1-5H3,(H,37,38,39)/t26-/m1/s1. The average molecular weight is 643 g/mol. The van der Waals surface area contributed by atoms with Crippen molar-refractivity contribution in [3.8, 4) is 22.9 Å². The van der Waals surface area contributed by atoms with E-state index in [0.29, 0.717) is 35.2 Å². The highest BCUT2D eigenvalue weighted by Crippen LogP contribution is 2.37. The minimum Gasteiger partial charge on any atom is -0.488 e. The number of aromatic nitrogens is 4. The van der Waals surface area contributed by atoms with Crippen LogP contribution in [-0.2, 0) is 16.6 Å². The van der Waals surface area contributed by atoms with Crippen molar-refractivity contribution >= 4 is 21.9 Å². The summed E-state index contributed by atoms with van der Waals surface area (Å²) in [4.78, 5) is 34.1. The lowest BCUT2D eigenvalue weighted by Crippen LogP contribution is -2.44. The molecule has 2 aliphatic rings. The maximum atomic E-state index is 14.3. The number of hydrogen-bond acceptors (Lipinski definition) is 9. The van der Waals surface area contributed by atoms with Crippen LogP contribution in [0.25, 0.3) is 11.3 Å². The first kappa shape index (κ1) is 31.4. The maximum Gasteiger partial charge on any atom is 0.264 e. The van der Waals surface area contributed by atoms with Crippen molar-refractivity contribution in [1.82, 2.24) is 24.8 Å². The quantitative estimate of drug-likeness (QED) is 0.271. The molecule has 4 aromatic rings. The number of carbonyl (C=O) groups excluding carboxylic acids is 1. The number of amides is 1. The van der Waals surface area contributed by atoms with E-state index in [1.807, 2.05) is 52.8 Å². The minimum atomic E-state index is -4.17. The maximum absolute atomic E-state index is 14.3.